The van der Waals surface area contributed by atoms with Crippen molar-refractivity contribution < 1.29 is 4.79 Å². The molecule has 0 spiro atoms. The van der Waals surface area contributed by atoms with Gasteiger partial charge in [0.05, 0.1) is 13.1 Å². The number of rotatable bonds is 9. The lowest BCUT2D eigenvalue weighted by atomic mass is 10.2. The van der Waals surface area contributed by atoms with Crippen LogP contribution in [0, 0.1) is 5.92 Å². The van der Waals surface area contributed by atoms with Crippen molar-refractivity contribution >= 4 is 22.4 Å². The molecule has 7 heteroatoms. The molecule has 108 valence electrons. The van der Waals surface area contributed by atoms with Gasteiger partial charge in [0.25, 0.3) is 0 Å². The van der Waals surface area contributed by atoms with Crippen LogP contribution < -0.4 is 11.1 Å². The SMILES string of the molecule is CCCNc1nnc(CN(CC(N)=O)CC(C)C)s1. The number of hydrogen-bond donors (Lipinski definition) is 2. The Balaban J connectivity index is 2.56. The van der Waals surface area contributed by atoms with Crippen molar-refractivity contribution in [3.8, 4) is 0 Å². The van der Waals surface area contributed by atoms with Crippen molar-refractivity contribution in [2.75, 3.05) is 25.0 Å². The molecule has 0 aliphatic carbocycles. The van der Waals surface area contributed by atoms with Crippen LogP contribution in [0.5, 0.6) is 0 Å². The van der Waals surface area contributed by atoms with E-state index in [4.69, 9.17) is 5.73 Å². The average molecular weight is 285 g/mol. The number of primary amides is 1. The molecule has 0 aromatic carbocycles. The Bertz CT molecular complexity index is 393. The van der Waals surface area contributed by atoms with E-state index in [1.165, 1.54) is 11.3 Å². The second kappa shape index (κ2) is 8.06. The second-order valence-corrected chi connectivity index (χ2v) is 6.02. The number of hydrogen-bond acceptors (Lipinski definition) is 6. The van der Waals surface area contributed by atoms with Gasteiger partial charge < -0.3 is 11.1 Å². The fraction of sp³-hybridized carbons (Fsp3) is 0.750. The predicted molar refractivity (Wildman–Crippen MR) is 78.0 cm³/mol. The molecular weight excluding hydrogens is 262 g/mol. The number of nitrogens with zero attached hydrogens (tertiary/aromatic N) is 3. The first-order valence-electron chi connectivity index (χ1n) is 6.58. The minimum atomic E-state index is -0.311. The van der Waals surface area contributed by atoms with Crippen molar-refractivity contribution in [3.05, 3.63) is 5.01 Å². The normalized spacial score (nSPS) is 11.2. The van der Waals surface area contributed by atoms with Crippen LogP contribution in [0.1, 0.15) is 32.2 Å². The van der Waals surface area contributed by atoms with Crippen LogP contribution in [0.2, 0.25) is 0 Å². The van der Waals surface area contributed by atoms with Crippen LogP contribution in [0.25, 0.3) is 0 Å². The van der Waals surface area contributed by atoms with Gasteiger partial charge in [0.2, 0.25) is 11.0 Å². The largest absolute Gasteiger partial charge is 0.369 e. The molecule has 0 saturated carbocycles. The van der Waals surface area contributed by atoms with Crippen LogP contribution >= 0.6 is 11.3 Å². The molecule has 1 rings (SSSR count). The van der Waals surface area contributed by atoms with E-state index >= 15 is 0 Å². The molecular formula is C12H23N5OS. The zero-order valence-electron chi connectivity index (χ0n) is 11.8. The molecule has 1 amide bonds. The van der Waals surface area contributed by atoms with Crippen LogP contribution in [0.4, 0.5) is 5.13 Å². The van der Waals surface area contributed by atoms with E-state index in [-0.39, 0.29) is 12.5 Å². The van der Waals surface area contributed by atoms with E-state index in [1.807, 2.05) is 4.90 Å². The molecule has 0 fully saturated rings. The van der Waals surface area contributed by atoms with Crippen molar-refractivity contribution in [2.24, 2.45) is 11.7 Å². The number of nitrogens with two attached hydrogens (primary N) is 1. The van der Waals surface area contributed by atoms with Gasteiger partial charge in [-0.25, -0.2) is 0 Å². The number of aromatic nitrogens is 2. The van der Waals surface area contributed by atoms with Crippen molar-refractivity contribution in [2.45, 2.75) is 33.7 Å². The molecule has 3 N–H and O–H groups in total. The quantitative estimate of drug-likeness (QED) is 0.714. The molecule has 0 saturated heterocycles. The predicted octanol–water partition coefficient (Wildman–Crippen LogP) is 1.30. The summed E-state index contributed by atoms with van der Waals surface area (Å²) in [6.45, 7) is 8.92. The van der Waals surface area contributed by atoms with Gasteiger partial charge in [-0.2, -0.15) is 0 Å². The lowest BCUT2D eigenvalue weighted by Crippen LogP contribution is -2.35. The number of anilines is 1. The lowest BCUT2D eigenvalue weighted by molar-refractivity contribution is -0.119. The third kappa shape index (κ3) is 6.49. The zero-order valence-corrected chi connectivity index (χ0v) is 12.7. The van der Waals surface area contributed by atoms with Gasteiger partial charge in [-0.05, 0) is 12.3 Å². The molecule has 19 heavy (non-hydrogen) atoms. The van der Waals surface area contributed by atoms with Crippen LogP contribution in [0.3, 0.4) is 0 Å². The maximum Gasteiger partial charge on any atom is 0.231 e. The monoisotopic (exact) mass is 285 g/mol. The first-order valence-corrected chi connectivity index (χ1v) is 7.39. The molecule has 1 heterocycles. The highest BCUT2D eigenvalue weighted by molar-refractivity contribution is 7.15. The zero-order chi connectivity index (χ0) is 14.3. The van der Waals surface area contributed by atoms with Crippen LogP contribution in [-0.2, 0) is 11.3 Å². The fourth-order valence-electron chi connectivity index (χ4n) is 1.73. The van der Waals surface area contributed by atoms with E-state index in [9.17, 15) is 4.79 Å². The minimum absolute atomic E-state index is 0.259. The van der Waals surface area contributed by atoms with Crippen LogP contribution in [-0.4, -0.2) is 40.6 Å². The summed E-state index contributed by atoms with van der Waals surface area (Å²) in [6, 6.07) is 0. The average Bonchev–Trinajstić information content (AvgIpc) is 2.72. The van der Waals surface area contributed by atoms with Gasteiger partial charge in [0.15, 0.2) is 0 Å². The first-order chi connectivity index (χ1) is 9.01. The van der Waals surface area contributed by atoms with Gasteiger partial charge in [-0.15, -0.1) is 10.2 Å². The molecule has 0 bridgehead atoms. The third-order valence-electron chi connectivity index (χ3n) is 2.35. The Labute approximate surface area is 118 Å². The van der Waals surface area contributed by atoms with Gasteiger partial charge in [-0.3, -0.25) is 9.69 Å². The van der Waals surface area contributed by atoms with Crippen molar-refractivity contribution in [1.29, 1.82) is 0 Å². The maximum absolute atomic E-state index is 11.1. The molecule has 1 aromatic heterocycles. The highest BCUT2D eigenvalue weighted by atomic mass is 32.1. The summed E-state index contributed by atoms with van der Waals surface area (Å²) >= 11 is 1.53. The summed E-state index contributed by atoms with van der Waals surface area (Å²) in [4.78, 5) is 13.1. The highest BCUT2D eigenvalue weighted by Crippen LogP contribution is 2.17. The maximum atomic E-state index is 11.1. The lowest BCUT2D eigenvalue weighted by Gasteiger charge is -2.21. The summed E-state index contributed by atoms with van der Waals surface area (Å²) in [7, 11) is 0. The van der Waals surface area contributed by atoms with Gasteiger partial charge in [0, 0.05) is 13.1 Å². The molecule has 0 aliphatic heterocycles. The summed E-state index contributed by atoms with van der Waals surface area (Å²) in [5.74, 6) is 0.166. The first kappa shape index (κ1) is 15.8. The van der Waals surface area contributed by atoms with E-state index in [1.54, 1.807) is 0 Å². The van der Waals surface area contributed by atoms with E-state index in [0.29, 0.717) is 12.5 Å². The topological polar surface area (TPSA) is 84.1 Å². The van der Waals surface area contributed by atoms with Gasteiger partial charge >= 0.3 is 0 Å². The molecule has 0 atom stereocenters. The number of carbonyl (C=O) groups excluding carboxylic acids is 1. The van der Waals surface area contributed by atoms with Crippen molar-refractivity contribution in [3.63, 3.8) is 0 Å². The Morgan fingerprint density at radius 2 is 2.21 bits per heavy atom. The summed E-state index contributed by atoms with van der Waals surface area (Å²) < 4.78 is 0. The Morgan fingerprint density at radius 3 is 2.79 bits per heavy atom. The second-order valence-electron chi connectivity index (χ2n) is 4.96. The fourth-order valence-corrected chi connectivity index (χ4v) is 2.54. The molecule has 1 aromatic rings. The number of nitrogens with one attached hydrogen (secondary N) is 1. The summed E-state index contributed by atoms with van der Waals surface area (Å²) in [5, 5.41) is 13.2. The smallest absolute Gasteiger partial charge is 0.231 e. The minimum Gasteiger partial charge on any atom is -0.369 e. The molecule has 0 aliphatic rings. The van der Waals surface area contributed by atoms with E-state index in [2.05, 4.69) is 36.3 Å². The Morgan fingerprint density at radius 1 is 1.47 bits per heavy atom. The third-order valence-corrected chi connectivity index (χ3v) is 3.22. The molecule has 6 nitrogen and oxygen atoms in total. The standard InChI is InChI=1S/C12H23N5OS/c1-4-5-14-12-16-15-11(19-12)8-17(6-9(2)3)7-10(13)18/h9H,4-8H2,1-3H3,(H2,13,18)(H,14,16). The highest BCUT2D eigenvalue weighted by Gasteiger charge is 2.13. The van der Waals surface area contributed by atoms with E-state index in [0.717, 1.165) is 29.6 Å². The van der Waals surface area contributed by atoms with Crippen molar-refractivity contribution in [1.82, 2.24) is 15.1 Å². The Kier molecular flexibility index (Phi) is 6.72. The Hall–Kier alpha value is -1.21. The summed E-state index contributed by atoms with van der Waals surface area (Å²) in [5.41, 5.74) is 5.27. The summed E-state index contributed by atoms with van der Waals surface area (Å²) in [6.07, 6.45) is 1.05. The molecule has 0 unspecified atom stereocenters. The number of amides is 1. The van der Waals surface area contributed by atoms with Gasteiger partial charge in [-0.1, -0.05) is 32.1 Å². The number of carbonyl (C=O) groups is 1. The van der Waals surface area contributed by atoms with Gasteiger partial charge in [0.1, 0.15) is 5.01 Å². The van der Waals surface area contributed by atoms with E-state index < -0.39 is 0 Å². The van der Waals surface area contributed by atoms with Crippen LogP contribution in [0.15, 0.2) is 0 Å². The molecule has 0 radical (unpaired) electrons.